The second kappa shape index (κ2) is 8.34. The second-order valence-corrected chi connectivity index (χ2v) is 4.73. The quantitative estimate of drug-likeness (QED) is 0.360. The summed E-state index contributed by atoms with van der Waals surface area (Å²) in [6.45, 7) is 0. The van der Waals surface area contributed by atoms with Crippen molar-refractivity contribution >= 4 is 18.2 Å². The number of para-hydroxylation sites is 1. The lowest BCUT2D eigenvalue weighted by Crippen LogP contribution is -2.24. The first-order valence-electron chi connectivity index (χ1n) is 7.17. The van der Waals surface area contributed by atoms with Crippen LogP contribution in [0.15, 0.2) is 47.6 Å². The number of benzene rings is 2. The Hall–Kier alpha value is -3.55. The maximum atomic E-state index is 12.3. The van der Waals surface area contributed by atoms with Crippen molar-refractivity contribution in [3.05, 3.63) is 53.6 Å². The molecule has 2 amide bonds. The molecule has 0 heterocycles. The van der Waals surface area contributed by atoms with Crippen molar-refractivity contribution in [1.29, 1.82) is 0 Å². The summed E-state index contributed by atoms with van der Waals surface area (Å²) in [6, 6.07) is 10.7. The summed E-state index contributed by atoms with van der Waals surface area (Å²) in [5, 5.41) is 3.65. The Labute approximate surface area is 144 Å². The first-order valence-corrected chi connectivity index (χ1v) is 7.17. The molecule has 0 saturated carbocycles. The number of carbonyl (C=O) groups excluding carboxylic acids is 2. The van der Waals surface area contributed by atoms with Crippen molar-refractivity contribution in [3.8, 4) is 17.2 Å². The molecule has 8 nitrogen and oxygen atoms in total. The monoisotopic (exact) mass is 343 g/mol. The van der Waals surface area contributed by atoms with E-state index in [1.54, 1.807) is 42.5 Å². The van der Waals surface area contributed by atoms with E-state index >= 15 is 0 Å². The summed E-state index contributed by atoms with van der Waals surface area (Å²) in [5.74, 6) is 0.394. The number of hydrogen-bond donors (Lipinski definition) is 2. The number of amides is 2. The molecule has 0 bridgehead atoms. The molecular formula is C17H17N3O5. The van der Waals surface area contributed by atoms with Gasteiger partial charge in [0.25, 0.3) is 0 Å². The van der Waals surface area contributed by atoms with E-state index in [1.165, 1.54) is 20.4 Å². The van der Waals surface area contributed by atoms with Crippen LogP contribution in [0.4, 0.5) is 4.79 Å². The number of esters is 1. The molecular weight excluding hydrogens is 326 g/mol. The van der Waals surface area contributed by atoms with Gasteiger partial charge in [-0.05, 0) is 35.9 Å². The maximum absolute atomic E-state index is 12.3. The largest absolute Gasteiger partial charge is 0.496 e. The van der Waals surface area contributed by atoms with Gasteiger partial charge in [-0.15, -0.1) is 0 Å². The van der Waals surface area contributed by atoms with E-state index < -0.39 is 12.0 Å². The zero-order valence-electron chi connectivity index (χ0n) is 13.7. The molecule has 0 atom stereocenters. The van der Waals surface area contributed by atoms with Crippen LogP contribution in [0.1, 0.15) is 15.9 Å². The smallest absolute Gasteiger partial charge is 0.347 e. The Bertz CT molecular complexity index is 805. The van der Waals surface area contributed by atoms with Gasteiger partial charge in [-0.1, -0.05) is 12.1 Å². The summed E-state index contributed by atoms with van der Waals surface area (Å²) < 4.78 is 15.8. The normalized spacial score (nSPS) is 10.3. The molecule has 0 saturated heterocycles. The van der Waals surface area contributed by atoms with Gasteiger partial charge in [-0.25, -0.2) is 15.0 Å². The van der Waals surface area contributed by atoms with Crippen LogP contribution in [-0.4, -0.2) is 32.4 Å². The van der Waals surface area contributed by atoms with E-state index in [0.717, 1.165) is 0 Å². The van der Waals surface area contributed by atoms with Crippen LogP contribution < -0.4 is 25.4 Å². The minimum absolute atomic E-state index is 0.235. The van der Waals surface area contributed by atoms with E-state index in [4.69, 9.17) is 19.9 Å². The van der Waals surface area contributed by atoms with Gasteiger partial charge in [0, 0.05) is 0 Å². The third-order valence-electron chi connectivity index (χ3n) is 3.11. The number of nitrogens with zero attached hydrogens (tertiary/aromatic N) is 1. The highest BCUT2D eigenvalue weighted by Crippen LogP contribution is 2.29. The van der Waals surface area contributed by atoms with E-state index in [-0.39, 0.29) is 5.75 Å². The number of hydrazone groups is 1. The Kier molecular flexibility index (Phi) is 5.94. The molecule has 2 aromatic rings. The Balaban J connectivity index is 2.20. The number of hydrogen-bond acceptors (Lipinski definition) is 6. The Morgan fingerprint density at radius 3 is 2.44 bits per heavy atom. The van der Waals surface area contributed by atoms with Crippen LogP contribution in [0, 0.1) is 0 Å². The van der Waals surface area contributed by atoms with Gasteiger partial charge in [-0.2, -0.15) is 5.10 Å². The number of primary amides is 1. The molecule has 3 N–H and O–H groups in total. The van der Waals surface area contributed by atoms with Gasteiger partial charge in [0.1, 0.15) is 11.3 Å². The molecule has 0 spiro atoms. The number of nitrogens with one attached hydrogen (secondary N) is 1. The van der Waals surface area contributed by atoms with Crippen molar-refractivity contribution < 1.29 is 23.8 Å². The van der Waals surface area contributed by atoms with Crippen LogP contribution in [0.3, 0.4) is 0 Å². The first kappa shape index (κ1) is 17.8. The molecule has 25 heavy (non-hydrogen) atoms. The summed E-state index contributed by atoms with van der Waals surface area (Å²) in [4.78, 5) is 22.9. The summed E-state index contributed by atoms with van der Waals surface area (Å²) in [7, 11) is 2.92. The van der Waals surface area contributed by atoms with Crippen LogP contribution >= 0.6 is 0 Å². The lowest BCUT2D eigenvalue weighted by Gasteiger charge is -2.11. The van der Waals surface area contributed by atoms with Crippen LogP contribution in [0.2, 0.25) is 0 Å². The van der Waals surface area contributed by atoms with Crippen molar-refractivity contribution in [2.75, 3.05) is 14.2 Å². The van der Waals surface area contributed by atoms with Crippen LogP contribution in [0.5, 0.6) is 17.2 Å². The van der Waals surface area contributed by atoms with Crippen molar-refractivity contribution in [1.82, 2.24) is 5.43 Å². The number of ether oxygens (including phenoxy) is 3. The third-order valence-corrected chi connectivity index (χ3v) is 3.11. The average molecular weight is 343 g/mol. The number of rotatable bonds is 6. The lowest BCUT2D eigenvalue weighted by molar-refractivity contribution is 0.0726. The maximum Gasteiger partial charge on any atom is 0.347 e. The highest BCUT2D eigenvalue weighted by Gasteiger charge is 2.16. The molecule has 0 unspecified atom stereocenters. The molecule has 0 aromatic heterocycles. The predicted octanol–water partition coefficient (Wildman–Crippen LogP) is 1.93. The van der Waals surface area contributed by atoms with E-state index in [1.807, 2.05) is 0 Å². The van der Waals surface area contributed by atoms with Crippen LogP contribution in [0.25, 0.3) is 0 Å². The van der Waals surface area contributed by atoms with Gasteiger partial charge >= 0.3 is 12.0 Å². The molecule has 8 heteroatoms. The van der Waals surface area contributed by atoms with Gasteiger partial charge in [0.2, 0.25) is 0 Å². The highest BCUT2D eigenvalue weighted by molar-refractivity contribution is 5.94. The summed E-state index contributed by atoms with van der Waals surface area (Å²) >= 11 is 0. The van der Waals surface area contributed by atoms with Crippen molar-refractivity contribution in [3.63, 3.8) is 0 Å². The van der Waals surface area contributed by atoms with E-state index in [2.05, 4.69) is 10.5 Å². The van der Waals surface area contributed by atoms with Crippen molar-refractivity contribution in [2.45, 2.75) is 0 Å². The zero-order chi connectivity index (χ0) is 18.2. The van der Waals surface area contributed by atoms with E-state index in [9.17, 15) is 9.59 Å². The fourth-order valence-electron chi connectivity index (χ4n) is 1.99. The predicted molar refractivity (Wildman–Crippen MR) is 91.3 cm³/mol. The van der Waals surface area contributed by atoms with Gasteiger partial charge < -0.3 is 19.9 Å². The lowest BCUT2D eigenvalue weighted by atomic mass is 10.2. The minimum atomic E-state index is -0.773. The van der Waals surface area contributed by atoms with Crippen molar-refractivity contribution in [2.24, 2.45) is 10.8 Å². The highest BCUT2D eigenvalue weighted by atomic mass is 16.6. The fraction of sp³-hybridized carbons (Fsp3) is 0.118. The fourth-order valence-corrected chi connectivity index (χ4v) is 1.99. The molecule has 0 aliphatic carbocycles. The molecule has 2 rings (SSSR count). The number of carbonyl (C=O) groups is 2. The minimum Gasteiger partial charge on any atom is -0.496 e. The number of urea groups is 1. The second-order valence-electron chi connectivity index (χ2n) is 4.73. The van der Waals surface area contributed by atoms with Gasteiger partial charge in [0.15, 0.2) is 11.5 Å². The molecule has 0 fully saturated rings. The topological polar surface area (TPSA) is 112 Å². The van der Waals surface area contributed by atoms with Crippen LogP contribution in [-0.2, 0) is 0 Å². The molecule has 0 aliphatic heterocycles. The average Bonchev–Trinajstić information content (AvgIpc) is 2.62. The number of nitrogens with two attached hydrogens (primary N) is 1. The SMILES string of the molecule is COc1cc(/C=N\NC(N)=O)ccc1OC(=O)c1ccccc1OC. The summed E-state index contributed by atoms with van der Waals surface area (Å²) in [6.07, 6.45) is 1.37. The van der Waals surface area contributed by atoms with E-state index in [0.29, 0.717) is 22.6 Å². The number of methoxy groups -OCH3 is 2. The Morgan fingerprint density at radius 2 is 1.76 bits per heavy atom. The molecule has 2 aromatic carbocycles. The standard InChI is InChI=1S/C17H17N3O5/c1-23-13-6-4-3-5-12(13)16(21)25-14-8-7-11(9-15(14)24-2)10-19-20-17(18)22/h3-10H,1-2H3,(H3,18,20,22)/b19-10-. The molecule has 0 aliphatic rings. The van der Waals surface area contributed by atoms with Gasteiger partial charge in [0.05, 0.1) is 20.4 Å². The zero-order valence-corrected chi connectivity index (χ0v) is 13.7. The van der Waals surface area contributed by atoms with Gasteiger partial charge in [-0.3, -0.25) is 0 Å². The first-order chi connectivity index (χ1) is 12.0. The molecule has 130 valence electrons. The third kappa shape index (κ3) is 4.71. The Morgan fingerprint density at radius 1 is 1.04 bits per heavy atom. The molecule has 0 radical (unpaired) electrons. The summed E-state index contributed by atoms with van der Waals surface area (Å²) in [5.41, 5.74) is 7.90.